The molecule has 0 radical (unpaired) electrons. The van der Waals surface area contributed by atoms with Gasteiger partial charge in [0.05, 0.1) is 0 Å². The van der Waals surface area contributed by atoms with E-state index in [1.807, 2.05) is 19.1 Å². The van der Waals surface area contributed by atoms with Crippen LogP contribution in [-0.2, 0) is 19.2 Å². The van der Waals surface area contributed by atoms with Crippen LogP contribution >= 0.6 is 0 Å². The Kier molecular flexibility index (Phi) is 9.50. The number of nitrogens with one attached hydrogen (secondary N) is 4. The van der Waals surface area contributed by atoms with Crippen molar-refractivity contribution < 1.29 is 28.8 Å². The molecule has 1 heterocycles. The molecule has 1 aliphatic rings. The van der Waals surface area contributed by atoms with E-state index in [1.165, 1.54) is 0 Å². The number of anilines is 1. The molecule has 2 atom stereocenters. The fraction of sp³-hybridized carbons (Fsp3) is 0.391. The Morgan fingerprint density at radius 1 is 0.943 bits per heavy atom. The highest BCUT2D eigenvalue weighted by Gasteiger charge is 2.35. The van der Waals surface area contributed by atoms with Gasteiger partial charge < -0.3 is 27.0 Å². The predicted molar refractivity (Wildman–Crippen MR) is 127 cm³/mol. The highest BCUT2D eigenvalue weighted by atomic mass is 16.2. The van der Waals surface area contributed by atoms with Gasteiger partial charge in [-0.2, -0.15) is 4.90 Å². The minimum absolute atomic E-state index is 0.162. The van der Waals surface area contributed by atoms with Crippen LogP contribution in [-0.4, -0.2) is 59.2 Å². The average molecular weight is 487 g/mol. The molecule has 1 aromatic carbocycles. The molecule has 8 amide bonds. The fourth-order valence-corrected chi connectivity index (χ4v) is 3.25. The summed E-state index contributed by atoms with van der Waals surface area (Å²) in [6.07, 6.45) is 2.40. The molecular formula is C23H30N6O6. The Labute approximate surface area is 202 Å². The Morgan fingerprint density at radius 2 is 1.54 bits per heavy atom. The van der Waals surface area contributed by atoms with E-state index in [4.69, 9.17) is 5.73 Å². The van der Waals surface area contributed by atoms with Crippen molar-refractivity contribution in [1.82, 2.24) is 20.9 Å². The molecule has 0 aliphatic carbocycles. The Balaban J connectivity index is 2.11. The molecule has 1 aromatic rings. The Bertz CT molecular complexity index is 1000. The van der Waals surface area contributed by atoms with Crippen molar-refractivity contribution in [3.63, 3.8) is 0 Å². The molecule has 6 N–H and O–H groups in total. The second-order valence-electron chi connectivity index (χ2n) is 8.37. The predicted octanol–water partition coefficient (Wildman–Crippen LogP) is 0.526. The number of imide groups is 3. The molecular weight excluding hydrogens is 456 g/mol. The number of amides is 8. The van der Waals surface area contributed by atoms with Gasteiger partial charge in [0.2, 0.25) is 11.8 Å². The van der Waals surface area contributed by atoms with Crippen molar-refractivity contribution in [3.05, 3.63) is 42.0 Å². The van der Waals surface area contributed by atoms with Crippen LogP contribution in [0, 0.1) is 12.8 Å². The molecule has 12 nitrogen and oxygen atoms in total. The maximum Gasteiger partial charge on any atom is 0.332 e. The number of nitrogens with zero attached hydrogens (tertiary/aromatic N) is 1. The SMILES string of the molecule is Cc1ccc(NC(=O)[C@H](CCCNC(N)=O)NC(=O)[C@@H](NC(=O)N2C(=O)C=CC2=O)C(C)C)cc1. The molecule has 0 aromatic heterocycles. The molecule has 0 fully saturated rings. The molecule has 0 spiro atoms. The van der Waals surface area contributed by atoms with Gasteiger partial charge in [-0.25, -0.2) is 9.59 Å². The van der Waals surface area contributed by atoms with Crippen molar-refractivity contribution in [2.24, 2.45) is 11.7 Å². The number of aryl methyl sites for hydroxylation is 1. The Morgan fingerprint density at radius 3 is 2.09 bits per heavy atom. The first-order chi connectivity index (χ1) is 16.5. The first-order valence-corrected chi connectivity index (χ1v) is 11.1. The van der Waals surface area contributed by atoms with Gasteiger partial charge in [-0.05, 0) is 37.8 Å². The molecule has 0 saturated heterocycles. The maximum atomic E-state index is 13.1. The van der Waals surface area contributed by atoms with Gasteiger partial charge in [-0.1, -0.05) is 31.5 Å². The molecule has 35 heavy (non-hydrogen) atoms. The normalized spacial score (nSPS) is 14.5. The minimum Gasteiger partial charge on any atom is -0.352 e. The third kappa shape index (κ3) is 7.95. The zero-order chi connectivity index (χ0) is 26.1. The lowest BCUT2D eigenvalue weighted by Crippen LogP contribution is -2.57. The van der Waals surface area contributed by atoms with Gasteiger partial charge in [0.15, 0.2) is 0 Å². The fourth-order valence-electron chi connectivity index (χ4n) is 3.25. The van der Waals surface area contributed by atoms with E-state index in [-0.39, 0.29) is 13.0 Å². The van der Waals surface area contributed by atoms with Gasteiger partial charge in [0.25, 0.3) is 11.8 Å². The number of nitrogens with two attached hydrogens (primary N) is 1. The summed E-state index contributed by atoms with van der Waals surface area (Å²) in [5.74, 6) is -3.23. The minimum atomic E-state index is -1.14. The number of hydrogen-bond donors (Lipinski definition) is 5. The van der Waals surface area contributed by atoms with Crippen LogP contribution in [0.3, 0.4) is 0 Å². The number of carbonyl (C=O) groups is 6. The summed E-state index contributed by atoms with van der Waals surface area (Å²) < 4.78 is 0. The number of primary amides is 1. The van der Waals surface area contributed by atoms with E-state index >= 15 is 0 Å². The van der Waals surface area contributed by atoms with Crippen molar-refractivity contribution in [2.45, 2.75) is 45.7 Å². The van der Waals surface area contributed by atoms with Gasteiger partial charge in [-0.3, -0.25) is 19.2 Å². The van der Waals surface area contributed by atoms with Gasteiger partial charge in [-0.15, -0.1) is 0 Å². The molecule has 1 aliphatic heterocycles. The highest BCUT2D eigenvalue weighted by Crippen LogP contribution is 2.12. The highest BCUT2D eigenvalue weighted by molar-refractivity contribution is 6.22. The van der Waals surface area contributed by atoms with Crippen molar-refractivity contribution in [1.29, 1.82) is 0 Å². The molecule has 0 saturated carbocycles. The molecule has 188 valence electrons. The first kappa shape index (κ1) is 27.0. The zero-order valence-corrected chi connectivity index (χ0v) is 19.8. The topological polar surface area (TPSA) is 180 Å². The number of urea groups is 2. The number of hydrogen-bond acceptors (Lipinski definition) is 6. The van der Waals surface area contributed by atoms with Crippen LogP contribution in [0.25, 0.3) is 0 Å². The lowest BCUT2D eigenvalue weighted by molar-refractivity contribution is -0.134. The lowest BCUT2D eigenvalue weighted by atomic mass is 10.0. The number of benzene rings is 1. The largest absolute Gasteiger partial charge is 0.352 e. The van der Waals surface area contributed by atoms with Crippen molar-refractivity contribution >= 4 is 41.4 Å². The first-order valence-electron chi connectivity index (χ1n) is 11.1. The van der Waals surface area contributed by atoms with Crippen LogP contribution in [0.15, 0.2) is 36.4 Å². The standard InChI is InChI=1S/C23H30N6O6/c1-13(2)19(28-23(35)29-17(30)10-11-18(29)31)21(33)27-16(5-4-12-25-22(24)34)20(32)26-15-8-6-14(3)7-9-15/h6-11,13,16,19H,4-5,12H2,1-3H3,(H,26,32)(H,27,33)(H,28,35)(H3,24,25,34)/t16-,19-/m0/s1. The van der Waals surface area contributed by atoms with Crippen molar-refractivity contribution in [2.75, 3.05) is 11.9 Å². The van der Waals surface area contributed by atoms with E-state index in [2.05, 4.69) is 21.3 Å². The van der Waals surface area contributed by atoms with E-state index in [1.54, 1.807) is 26.0 Å². The summed E-state index contributed by atoms with van der Waals surface area (Å²) in [5.41, 5.74) is 6.59. The van der Waals surface area contributed by atoms with Crippen LogP contribution in [0.1, 0.15) is 32.3 Å². The zero-order valence-electron chi connectivity index (χ0n) is 19.8. The summed E-state index contributed by atoms with van der Waals surface area (Å²) in [6.45, 7) is 5.42. The van der Waals surface area contributed by atoms with E-state index in [0.717, 1.165) is 17.7 Å². The molecule has 12 heteroatoms. The average Bonchev–Trinajstić information content (AvgIpc) is 3.12. The number of rotatable bonds is 10. The lowest BCUT2D eigenvalue weighted by Gasteiger charge is -2.26. The summed E-state index contributed by atoms with van der Waals surface area (Å²) in [7, 11) is 0. The van der Waals surface area contributed by atoms with Crippen LogP contribution in [0.2, 0.25) is 0 Å². The molecule has 0 bridgehead atoms. The second-order valence-corrected chi connectivity index (χ2v) is 8.37. The third-order valence-corrected chi connectivity index (χ3v) is 5.16. The summed E-state index contributed by atoms with van der Waals surface area (Å²) in [6, 6.07) is 3.19. The van der Waals surface area contributed by atoms with Crippen LogP contribution in [0.4, 0.5) is 15.3 Å². The number of carbonyl (C=O) groups excluding carboxylic acids is 6. The maximum absolute atomic E-state index is 13.1. The van der Waals surface area contributed by atoms with Gasteiger partial charge in [0, 0.05) is 24.4 Å². The quantitative estimate of drug-likeness (QED) is 0.238. The summed E-state index contributed by atoms with van der Waals surface area (Å²) in [5, 5.41) is 10.2. The summed E-state index contributed by atoms with van der Waals surface area (Å²) in [4.78, 5) is 73.3. The van der Waals surface area contributed by atoms with Crippen LogP contribution in [0.5, 0.6) is 0 Å². The second kappa shape index (κ2) is 12.3. The van der Waals surface area contributed by atoms with E-state index in [0.29, 0.717) is 17.0 Å². The monoisotopic (exact) mass is 486 g/mol. The molecule has 0 unspecified atom stereocenters. The molecule has 2 rings (SSSR count). The smallest absolute Gasteiger partial charge is 0.332 e. The van der Waals surface area contributed by atoms with Crippen LogP contribution < -0.4 is 27.0 Å². The van der Waals surface area contributed by atoms with E-state index in [9.17, 15) is 28.8 Å². The Hall–Kier alpha value is -4.22. The van der Waals surface area contributed by atoms with Gasteiger partial charge >= 0.3 is 12.1 Å². The van der Waals surface area contributed by atoms with Crippen molar-refractivity contribution in [3.8, 4) is 0 Å². The van der Waals surface area contributed by atoms with E-state index < -0.39 is 53.7 Å². The third-order valence-electron chi connectivity index (χ3n) is 5.16. The van der Waals surface area contributed by atoms with Gasteiger partial charge in [0.1, 0.15) is 12.1 Å². The summed E-state index contributed by atoms with van der Waals surface area (Å²) >= 11 is 0.